The summed E-state index contributed by atoms with van der Waals surface area (Å²) >= 11 is 0. The van der Waals surface area contributed by atoms with E-state index >= 15 is 0 Å². The van der Waals surface area contributed by atoms with Crippen molar-refractivity contribution in [1.82, 2.24) is 10.2 Å². The van der Waals surface area contributed by atoms with Gasteiger partial charge in [-0.1, -0.05) is 34.6 Å². The van der Waals surface area contributed by atoms with Crippen molar-refractivity contribution in [3.05, 3.63) is 0 Å². The van der Waals surface area contributed by atoms with Gasteiger partial charge in [0.2, 0.25) is 0 Å². The minimum atomic E-state index is -0.702. The maximum atomic E-state index is 11.8. The van der Waals surface area contributed by atoms with Crippen LogP contribution in [0.1, 0.15) is 60.3 Å². The van der Waals surface area contributed by atoms with Crippen LogP contribution in [0, 0.1) is 11.8 Å². The van der Waals surface area contributed by atoms with Gasteiger partial charge in [0, 0.05) is 19.1 Å². The van der Waals surface area contributed by atoms with Crippen LogP contribution in [0.15, 0.2) is 0 Å². The Labute approximate surface area is 130 Å². The maximum absolute atomic E-state index is 11.8. The second-order valence-electron chi connectivity index (χ2n) is 7.45. The Morgan fingerprint density at radius 1 is 1.29 bits per heavy atom. The van der Waals surface area contributed by atoms with Gasteiger partial charge >= 0.3 is 5.97 Å². The first-order valence-corrected chi connectivity index (χ1v) is 8.53. The summed E-state index contributed by atoms with van der Waals surface area (Å²) in [5.74, 6) is 0.562. The largest absolute Gasteiger partial charge is 0.480 e. The second-order valence-corrected chi connectivity index (χ2v) is 7.45. The van der Waals surface area contributed by atoms with E-state index in [0.29, 0.717) is 17.9 Å². The summed E-state index contributed by atoms with van der Waals surface area (Å²) in [5.41, 5.74) is -0.702. The van der Waals surface area contributed by atoms with Crippen LogP contribution in [-0.4, -0.2) is 47.2 Å². The Hall–Kier alpha value is -0.610. The van der Waals surface area contributed by atoms with E-state index < -0.39 is 11.5 Å². The smallest absolute Gasteiger partial charge is 0.323 e. The summed E-state index contributed by atoms with van der Waals surface area (Å²) in [6.45, 7) is 13.9. The lowest BCUT2D eigenvalue weighted by atomic mass is 9.96. The van der Waals surface area contributed by atoms with Gasteiger partial charge < -0.3 is 10.4 Å². The Kier molecular flexibility index (Phi) is 7.14. The van der Waals surface area contributed by atoms with Crippen molar-refractivity contribution >= 4 is 5.97 Å². The van der Waals surface area contributed by atoms with Crippen molar-refractivity contribution < 1.29 is 9.90 Å². The van der Waals surface area contributed by atoms with E-state index in [0.717, 1.165) is 45.3 Å². The molecule has 2 unspecified atom stereocenters. The summed E-state index contributed by atoms with van der Waals surface area (Å²) in [6.07, 6.45) is 3.45. The Morgan fingerprint density at radius 2 is 1.86 bits per heavy atom. The van der Waals surface area contributed by atoms with Crippen LogP contribution in [0.3, 0.4) is 0 Å². The van der Waals surface area contributed by atoms with Gasteiger partial charge in [-0.15, -0.1) is 0 Å². The molecular weight excluding hydrogens is 264 g/mol. The molecule has 124 valence electrons. The van der Waals surface area contributed by atoms with Gasteiger partial charge in [-0.05, 0) is 44.1 Å². The molecule has 0 aromatic carbocycles. The molecule has 2 atom stereocenters. The van der Waals surface area contributed by atoms with Crippen LogP contribution in [0.5, 0.6) is 0 Å². The fraction of sp³-hybridized carbons (Fsp3) is 0.941. The fourth-order valence-corrected chi connectivity index (χ4v) is 3.44. The highest BCUT2D eigenvalue weighted by Gasteiger charge is 2.46. The summed E-state index contributed by atoms with van der Waals surface area (Å²) in [5, 5.41) is 13.0. The Bertz CT molecular complexity index is 321. The number of hydrogen-bond acceptors (Lipinski definition) is 3. The molecule has 0 saturated heterocycles. The molecular formula is C17H34N2O2. The zero-order chi connectivity index (χ0) is 16.0. The Balaban J connectivity index is 2.76. The summed E-state index contributed by atoms with van der Waals surface area (Å²) in [6, 6.07) is 0.398. The minimum absolute atomic E-state index is 0.398. The van der Waals surface area contributed by atoms with Crippen molar-refractivity contribution in [2.45, 2.75) is 71.9 Å². The third-order valence-corrected chi connectivity index (χ3v) is 4.33. The third-order valence-electron chi connectivity index (χ3n) is 4.33. The highest BCUT2D eigenvalue weighted by molar-refractivity contribution is 5.79. The lowest BCUT2D eigenvalue weighted by molar-refractivity contribution is -0.144. The average Bonchev–Trinajstić information content (AvgIpc) is 2.80. The van der Waals surface area contributed by atoms with Crippen LogP contribution >= 0.6 is 0 Å². The second kappa shape index (κ2) is 8.14. The number of carboxylic acid groups (broad SMARTS) is 1. The van der Waals surface area contributed by atoms with Gasteiger partial charge in [0.15, 0.2) is 0 Å². The van der Waals surface area contributed by atoms with E-state index in [4.69, 9.17) is 0 Å². The van der Waals surface area contributed by atoms with E-state index in [1.165, 1.54) is 0 Å². The average molecular weight is 298 g/mol. The number of rotatable bonds is 9. The molecule has 1 saturated carbocycles. The normalized spacial score (nSPS) is 26.2. The van der Waals surface area contributed by atoms with E-state index in [1.807, 2.05) is 0 Å². The van der Waals surface area contributed by atoms with Crippen molar-refractivity contribution in [3.8, 4) is 0 Å². The molecule has 1 aliphatic carbocycles. The van der Waals surface area contributed by atoms with Gasteiger partial charge in [0.05, 0.1) is 0 Å². The van der Waals surface area contributed by atoms with E-state index in [2.05, 4.69) is 44.8 Å². The standard InChI is InChI=1S/C17H34N2O2/c1-6-9-18-17(16(20)21)8-7-15(10-17)19(11-13(2)3)12-14(4)5/h13-15,18H,6-12H2,1-5H3,(H,20,21). The zero-order valence-electron chi connectivity index (χ0n) is 14.5. The molecule has 0 aromatic rings. The molecule has 1 fully saturated rings. The molecule has 0 heterocycles. The van der Waals surface area contributed by atoms with Crippen LogP contribution in [-0.2, 0) is 4.79 Å². The lowest BCUT2D eigenvalue weighted by Crippen LogP contribution is -2.52. The number of hydrogen-bond donors (Lipinski definition) is 2. The molecule has 0 radical (unpaired) electrons. The van der Waals surface area contributed by atoms with E-state index in [9.17, 15) is 9.90 Å². The molecule has 0 bridgehead atoms. The molecule has 1 rings (SSSR count). The van der Waals surface area contributed by atoms with Crippen molar-refractivity contribution in [2.75, 3.05) is 19.6 Å². The predicted molar refractivity (Wildman–Crippen MR) is 87.5 cm³/mol. The number of aliphatic carboxylic acids is 1. The van der Waals surface area contributed by atoms with Crippen molar-refractivity contribution in [1.29, 1.82) is 0 Å². The van der Waals surface area contributed by atoms with Gasteiger partial charge in [-0.2, -0.15) is 0 Å². The molecule has 0 spiro atoms. The van der Waals surface area contributed by atoms with Gasteiger partial charge in [-0.25, -0.2) is 0 Å². The van der Waals surface area contributed by atoms with Gasteiger partial charge in [0.1, 0.15) is 5.54 Å². The SMILES string of the molecule is CCCNC1(C(=O)O)CCC(N(CC(C)C)CC(C)C)C1. The first-order chi connectivity index (χ1) is 9.80. The molecule has 4 heteroatoms. The molecule has 0 amide bonds. The van der Waals surface area contributed by atoms with Gasteiger partial charge in [0.25, 0.3) is 0 Å². The highest BCUT2D eigenvalue weighted by Crippen LogP contribution is 2.34. The maximum Gasteiger partial charge on any atom is 0.323 e. The first kappa shape index (κ1) is 18.4. The van der Waals surface area contributed by atoms with E-state index in [1.54, 1.807) is 0 Å². The highest BCUT2D eigenvalue weighted by atomic mass is 16.4. The molecule has 0 aromatic heterocycles. The van der Waals surface area contributed by atoms with Gasteiger partial charge in [-0.3, -0.25) is 9.69 Å². The molecule has 2 N–H and O–H groups in total. The first-order valence-electron chi connectivity index (χ1n) is 8.53. The topological polar surface area (TPSA) is 52.6 Å². The lowest BCUT2D eigenvalue weighted by Gasteiger charge is -2.33. The quantitative estimate of drug-likeness (QED) is 0.687. The molecule has 4 nitrogen and oxygen atoms in total. The van der Waals surface area contributed by atoms with Crippen LogP contribution < -0.4 is 5.32 Å². The monoisotopic (exact) mass is 298 g/mol. The summed E-state index contributed by atoms with van der Waals surface area (Å²) in [4.78, 5) is 14.3. The predicted octanol–water partition coefficient (Wildman–Crippen LogP) is 2.98. The van der Waals surface area contributed by atoms with Crippen LogP contribution in [0.2, 0.25) is 0 Å². The number of nitrogens with zero attached hydrogens (tertiary/aromatic N) is 1. The van der Waals surface area contributed by atoms with Crippen LogP contribution in [0.25, 0.3) is 0 Å². The summed E-state index contributed by atoms with van der Waals surface area (Å²) in [7, 11) is 0. The van der Waals surface area contributed by atoms with E-state index in [-0.39, 0.29) is 0 Å². The molecule has 0 aliphatic heterocycles. The van der Waals surface area contributed by atoms with Crippen molar-refractivity contribution in [2.24, 2.45) is 11.8 Å². The molecule has 21 heavy (non-hydrogen) atoms. The zero-order valence-corrected chi connectivity index (χ0v) is 14.5. The number of nitrogens with one attached hydrogen (secondary N) is 1. The van der Waals surface area contributed by atoms with Crippen LogP contribution in [0.4, 0.5) is 0 Å². The number of carboxylic acids is 1. The minimum Gasteiger partial charge on any atom is -0.480 e. The molecule has 1 aliphatic rings. The fourth-order valence-electron chi connectivity index (χ4n) is 3.44. The number of carbonyl (C=O) groups is 1. The Morgan fingerprint density at radius 3 is 2.29 bits per heavy atom. The third kappa shape index (κ3) is 5.26. The summed E-state index contributed by atoms with van der Waals surface area (Å²) < 4.78 is 0. The van der Waals surface area contributed by atoms with Crippen molar-refractivity contribution in [3.63, 3.8) is 0 Å².